The molecule has 0 saturated carbocycles. The molecule has 21 heavy (non-hydrogen) atoms. The Morgan fingerprint density at radius 3 is 2.67 bits per heavy atom. The molecule has 0 unspecified atom stereocenters. The summed E-state index contributed by atoms with van der Waals surface area (Å²) in [7, 11) is 1.27. The van der Waals surface area contributed by atoms with Crippen LogP contribution in [0.15, 0.2) is 41.3 Å². The molecule has 0 bridgehead atoms. The van der Waals surface area contributed by atoms with Crippen LogP contribution in [0.4, 0.5) is 5.69 Å². The Kier molecular flexibility index (Phi) is 4.98. The molecule has 2 aromatic rings. The van der Waals surface area contributed by atoms with Crippen LogP contribution in [-0.4, -0.2) is 18.2 Å². The highest BCUT2D eigenvalue weighted by molar-refractivity contribution is 8.00. The Morgan fingerprint density at radius 1 is 1.29 bits per heavy atom. The van der Waals surface area contributed by atoms with Crippen LogP contribution in [-0.2, 0) is 4.74 Å². The third-order valence-corrected chi connectivity index (χ3v) is 4.07. The van der Waals surface area contributed by atoms with E-state index >= 15 is 0 Å². The summed E-state index contributed by atoms with van der Waals surface area (Å²) in [4.78, 5) is 12.3. The second-order valence-electron chi connectivity index (χ2n) is 4.34. The molecule has 0 fully saturated rings. The maximum absolute atomic E-state index is 11.4. The highest BCUT2D eigenvalue weighted by atomic mass is 35.5. The zero-order chi connectivity index (χ0) is 15.4. The largest absolute Gasteiger partial charge is 0.507 e. The van der Waals surface area contributed by atoms with E-state index in [1.165, 1.54) is 31.2 Å². The number of halogens is 1. The number of hydrogen-bond donors (Lipinski definition) is 2. The van der Waals surface area contributed by atoms with E-state index in [2.05, 4.69) is 9.46 Å². The highest BCUT2D eigenvalue weighted by Crippen LogP contribution is 2.28. The van der Waals surface area contributed by atoms with Crippen molar-refractivity contribution >= 4 is 35.2 Å². The standard InChI is InChI=1S/C15H14ClNO3S/c1-9-3-5-11(8-13(9)16)21-17-10-4-6-12(14(18)7-10)15(19)20-2/h3-8,17-18H,1-2H3. The number of aromatic hydroxyl groups is 1. The summed E-state index contributed by atoms with van der Waals surface area (Å²) in [6.45, 7) is 1.94. The fourth-order valence-electron chi connectivity index (χ4n) is 1.63. The SMILES string of the molecule is COC(=O)c1ccc(NSc2ccc(C)c(Cl)c2)cc1O. The molecule has 0 aliphatic carbocycles. The van der Waals surface area contributed by atoms with Crippen molar-refractivity contribution in [3.63, 3.8) is 0 Å². The summed E-state index contributed by atoms with van der Waals surface area (Å²) in [5.74, 6) is -0.702. The van der Waals surface area contributed by atoms with Gasteiger partial charge in [-0.25, -0.2) is 4.79 Å². The molecule has 0 aliphatic heterocycles. The van der Waals surface area contributed by atoms with Crippen molar-refractivity contribution in [1.29, 1.82) is 0 Å². The minimum Gasteiger partial charge on any atom is -0.507 e. The first-order valence-corrected chi connectivity index (χ1v) is 7.31. The monoisotopic (exact) mass is 323 g/mol. The van der Waals surface area contributed by atoms with E-state index in [1.807, 2.05) is 25.1 Å². The molecule has 0 atom stereocenters. The molecule has 0 aliphatic rings. The summed E-state index contributed by atoms with van der Waals surface area (Å²) in [6.07, 6.45) is 0. The molecule has 0 heterocycles. The van der Waals surface area contributed by atoms with Crippen LogP contribution >= 0.6 is 23.5 Å². The average Bonchev–Trinajstić information content (AvgIpc) is 2.48. The number of esters is 1. The fourth-order valence-corrected chi connectivity index (χ4v) is 2.55. The third-order valence-electron chi connectivity index (χ3n) is 2.83. The van der Waals surface area contributed by atoms with Crippen molar-refractivity contribution in [2.45, 2.75) is 11.8 Å². The lowest BCUT2D eigenvalue weighted by Gasteiger charge is -2.09. The fraction of sp³-hybridized carbons (Fsp3) is 0.133. The van der Waals surface area contributed by atoms with Gasteiger partial charge in [0, 0.05) is 21.7 Å². The lowest BCUT2D eigenvalue weighted by atomic mass is 10.2. The number of nitrogens with one attached hydrogen (secondary N) is 1. The zero-order valence-electron chi connectivity index (χ0n) is 11.5. The van der Waals surface area contributed by atoms with Crippen molar-refractivity contribution in [3.05, 3.63) is 52.5 Å². The highest BCUT2D eigenvalue weighted by Gasteiger charge is 2.11. The molecule has 2 N–H and O–H groups in total. The number of carbonyl (C=O) groups excluding carboxylic acids is 1. The van der Waals surface area contributed by atoms with Gasteiger partial charge in [0.25, 0.3) is 0 Å². The first kappa shape index (κ1) is 15.5. The molecular weight excluding hydrogens is 310 g/mol. The first-order valence-electron chi connectivity index (χ1n) is 6.11. The van der Waals surface area contributed by atoms with Crippen LogP contribution in [0.2, 0.25) is 5.02 Å². The van der Waals surface area contributed by atoms with Gasteiger partial charge in [-0.05, 0) is 48.7 Å². The smallest absolute Gasteiger partial charge is 0.341 e. The number of anilines is 1. The van der Waals surface area contributed by atoms with Crippen LogP contribution in [0.5, 0.6) is 5.75 Å². The number of phenols is 1. The van der Waals surface area contributed by atoms with Crippen LogP contribution in [0.1, 0.15) is 15.9 Å². The van der Waals surface area contributed by atoms with Gasteiger partial charge in [0.2, 0.25) is 0 Å². The topological polar surface area (TPSA) is 58.6 Å². The van der Waals surface area contributed by atoms with E-state index in [9.17, 15) is 9.90 Å². The van der Waals surface area contributed by atoms with Gasteiger partial charge in [0.05, 0.1) is 7.11 Å². The van der Waals surface area contributed by atoms with E-state index in [1.54, 1.807) is 6.07 Å². The predicted octanol–water partition coefficient (Wildman–Crippen LogP) is 4.26. The normalized spacial score (nSPS) is 10.2. The van der Waals surface area contributed by atoms with Crippen molar-refractivity contribution in [2.24, 2.45) is 0 Å². The number of benzene rings is 2. The molecule has 0 amide bonds. The molecule has 0 radical (unpaired) electrons. The van der Waals surface area contributed by atoms with E-state index in [0.717, 1.165) is 10.5 Å². The second kappa shape index (κ2) is 6.74. The van der Waals surface area contributed by atoms with Gasteiger partial charge < -0.3 is 14.6 Å². The number of aryl methyl sites for hydroxylation is 1. The van der Waals surface area contributed by atoms with Crippen molar-refractivity contribution in [2.75, 3.05) is 11.8 Å². The van der Waals surface area contributed by atoms with Crippen LogP contribution in [0.3, 0.4) is 0 Å². The van der Waals surface area contributed by atoms with E-state index in [0.29, 0.717) is 10.7 Å². The molecular formula is C15H14ClNO3S. The average molecular weight is 324 g/mol. The van der Waals surface area contributed by atoms with Crippen LogP contribution in [0.25, 0.3) is 0 Å². The van der Waals surface area contributed by atoms with Crippen LogP contribution < -0.4 is 4.72 Å². The Morgan fingerprint density at radius 2 is 2.05 bits per heavy atom. The Balaban J connectivity index is 2.08. The number of phenolic OH excluding ortho intramolecular Hbond substituents is 1. The van der Waals surface area contributed by atoms with Crippen LogP contribution in [0, 0.1) is 6.92 Å². The van der Waals surface area contributed by atoms with Gasteiger partial charge in [-0.2, -0.15) is 0 Å². The van der Waals surface area contributed by atoms with E-state index < -0.39 is 5.97 Å². The summed E-state index contributed by atoms with van der Waals surface area (Å²) < 4.78 is 7.65. The number of hydrogen-bond acceptors (Lipinski definition) is 5. The maximum atomic E-state index is 11.4. The number of ether oxygens (including phenoxy) is 1. The Labute approximate surface area is 132 Å². The lowest BCUT2D eigenvalue weighted by molar-refractivity contribution is 0.0597. The van der Waals surface area contributed by atoms with Gasteiger partial charge in [-0.3, -0.25) is 0 Å². The first-order chi connectivity index (χ1) is 10.0. The summed E-state index contributed by atoms with van der Waals surface area (Å²) in [5, 5.41) is 10.5. The molecule has 6 heteroatoms. The van der Waals surface area contributed by atoms with E-state index in [-0.39, 0.29) is 11.3 Å². The third kappa shape index (κ3) is 3.83. The minimum atomic E-state index is -0.572. The van der Waals surface area contributed by atoms with Crippen molar-refractivity contribution < 1.29 is 14.6 Å². The number of rotatable bonds is 4. The molecule has 2 rings (SSSR count). The second-order valence-corrected chi connectivity index (χ2v) is 5.63. The van der Waals surface area contributed by atoms with Gasteiger partial charge in [0.1, 0.15) is 11.3 Å². The van der Waals surface area contributed by atoms with Crippen molar-refractivity contribution in [1.82, 2.24) is 0 Å². The minimum absolute atomic E-state index is 0.130. The van der Waals surface area contributed by atoms with Crippen molar-refractivity contribution in [3.8, 4) is 5.75 Å². The quantitative estimate of drug-likeness (QED) is 0.650. The molecule has 0 aromatic heterocycles. The molecule has 0 spiro atoms. The molecule has 110 valence electrons. The zero-order valence-corrected chi connectivity index (χ0v) is 13.1. The van der Waals surface area contributed by atoms with Gasteiger partial charge in [0.15, 0.2) is 0 Å². The van der Waals surface area contributed by atoms with Gasteiger partial charge in [-0.1, -0.05) is 17.7 Å². The Hall–Kier alpha value is -1.85. The Bertz CT molecular complexity index is 676. The predicted molar refractivity (Wildman–Crippen MR) is 85.1 cm³/mol. The summed E-state index contributed by atoms with van der Waals surface area (Å²) in [6, 6.07) is 10.4. The van der Waals surface area contributed by atoms with E-state index in [4.69, 9.17) is 11.6 Å². The van der Waals surface area contributed by atoms with Gasteiger partial charge >= 0.3 is 5.97 Å². The number of methoxy groups -OCH3 is 1. The number of carbonyl (C=O) groups is 1. The molecule has 0 saturated heterocycles. The maximum Gasteiger partial charge on any atom is 0.341 e. The lowest BCUT2D eigenvalue weighted by Crippen LogP contribution is -2.01. The summed E-state index contributed by atoms with van der Waals surface area (Å²) >= 11 is 7.42. The molecule has 4 nitrogen and oxygen atoms in total. The molecule has 2 aromatic carbocycles. The summed E-state index contributed by atoms with van der Waals surface area (Å²) in [5.41, 5.74) is 1.81. The van der Waals surface area contributed by atoms with Gasteiger partial charge in [-0.15, -0.1) is 0 Å².